The zero-order valence-electron chi connectivity index (χ0n) is 16.3. The van der Waals surface area contributed by atoms with Crippen LogP contribution < -0.4 is 15.2 Å². The molecule has 1 aromatic carbocycles. The van der Waals surface area contributed by atoms with E-state index >= 15 is 0 Å². The average Bonchev–Trinajstić information content (AvgIpc) is 2.74. The third kappa shape index (κ3) is 3.88. The highest BCUT2D eigenvalue weighted by Crippen LogP contribution is 2.22. The standard InChI is InChI=1S/C21H26N4O3/c1-28-18-7-4-6-17(14-18)23-9-11-24(12-10-23)21(27)15-25-20(26)13-16-5-2-3-8-19(16)22-25/h4,6-7,13-14H,2-3,5,8-12,15H2,1H3. The highest BCUT2D eigenvalue weighted by Gasteiger charge is 2.23. The minimum absolute atomic E-state index is 0.0191. The summed E-state index contributed by atoms with van der Waals surface area (Å²) in [6, 6.07) is 9.62. The second-order valence-electron chi connectivity index (χ2n) is 7.39. The van der Waals surface area contributed by atoms with Gasteiger partial charge in [0.25, 0.3) is 5.56 Å². The first-order valence-electron chi connectivity index (χ1n) is 9.91. The average molecular weight is 382 g/mol. The fourth-order valence-electron chi connectivity index (χ4n) is 3.96. The summed E-state index contributed by atoms with van der Waals surface area (Å²) < 4.78 is 6.63. The van der Waals surface area contributed by atoms with E-state index in [4.69, 9.17) is 4.74 Å². The van der Waals surface area contributed by atoms with E-state index in [9.17, 15) is 9.59 Å². The Morgan fingerprint density at radius 3 is 2.68 bits per heavy atom. The van der Waals surface area contributed by atoms with Crippen LogP contribution in [0.4, 0.5) is 5.69 Å². The normalized spacial score (nSPS) is 16.6. The molecule has 2 aliphatic rings. The predicted octanol–water partition coefficient (Wildman–Crippen LogP) is 1.48. The van der Waals surface area contributed by atoms with Gasteiger partial charge in [0, 0.05) is 44.0 Å². The van der Waals surface area contributed by atoms with Crippen LogP contribution in [-0.2, 0) is 24.2 Å². The van der Waals surface area contributed by atoms with E-state index in [1.807, 2.05) is 23.1 Å². The number of nitrogens with zero attached hydrogens (tertiary/aromatic N) is 4. The van der Waals surface area contributed by atoms with Crippen LogP contribution in [0.2, 0.25) is 0 Å². The lowest BCUT2D eigenvalue weighted by Gasteiger charge is -2.36. The van der Waals surface area contributed by atoms with Crippen LogP contribution in [0.15, 0.2) is 35.1 Å². The van der Waals surface area contributed by atoms with E-state index in [0.717, 1.165) is 61.5 Å². The van der Waals surface area contributed by atoms with Crippen molar-refractivity contribution in [2.24, 2.45) is 0 Å². The number of rotatable bonds is 4. The maximum Gasteiger partial charge on any atom is 0.267 e. The summed E-state index contributed by atoms with van der Waals surface area (Å²) in [6.45, 7) is 2.80. The molecule has 0 radical (unpaired) electrons. The Bertz CT molecular complexity index is 916. The summed E-state index contributed by atoms with van der Waals surface area (Å²) in [5.41, 5.74) is 2.94. The molecule has 0 spiro atoms. The van der Waals surface area contributed by atoms with Gasteiger partial charge in [0.15, 0.2) is 0 Å². The number of aromatic nitrogens is 2. The van der Waals surface area contributed by atoms with Crippen molar-refractivity contribution in [3.05, 3.63) is 51.9 Å². The van der Waals surface area contributed by atoms with Gasteiger partial charge in [-0.1, -0.05) is 6.07 Å². The van der Waals surface area contributed by atoms with E-state index in [1.165, 1.54) is 4.68 Å². The van der Waals surface area contributed by atoms with Gasteiger partial charge in [-0.05, 0) is 43.4 Å². The Kier molecular flexibility index (Phi) is 5.32. The second kappa shape index (κ2) is 8.04. The zero-order chi connectivity index (χ0) is 19.5. The number of hydrogen-bond acceptors (Lipinski definition) is 5. The third-order valence-corrected chi connectivity index (χ3v) is 5.61. The van der Waals surface area contributed by atoms with Gasteiger partial charge < -0.3 is 14.5 Å². The summed E-state index contributed by atoms with van der Waals surface area (Å²) in [5.74, 6) is 0.782. The Balaban J connectivity index is 1.38. The van der Waals surface area contributed by atoms with Crippen LogP contribution in [0.5, 0.6) is 5.75 Å². The van der Waals surface area contributed by atoms with E-state index in [-0.39, 0.29) is 18.0 Å². The fourth-order valence-corrected chi connectivity index (χ4v) is 3.96. The summed E-state index contributed by atoms with van der Waals surface area (Å²) >= 11 is 0. The lowest BCUT2D eigenvalue weighted by Crippen LogP contribution is -2.50. The first-order chi connectivity index (χ1) is 13.6. The molecule has 28 heavy (non-hydrogen) atoms. The fraction of sp³-hybridized carbons (Fsp3) is 0.476. The van der Waals surface area contributed by atoms with Crippen LogP contribution in [0.25, 0.3) is 0 Å². The molecule has 0 saturated carbocycles. The molecule has 1 aliphatic carbocycles. The van der Waals surface area contributed by atoms with Crippen LogP contribution in [0, 0.1) is 0 Å². The topological polar surface area (TPSA) is 67.7 Å². The molecule has 1 saturated heterocycles. The molecule has 0 N–H and O–H groups in total. The summed E-state index contributed by atoms with van der Waals surface area (Å²) in [5, 5.41) is 4.46. The third-order valence-electron chi connectivity index (χ3n) is 5.61. The van der Waals surface area contributed by atoms with Gasteiger partial charge in [-0.15, -0.1) is 0 Å². The minimum atomic E-state index is -0.177. The van der Waals surface area contributed by atoms with Crippen molar-refractivity contribution < 1.29 is 9.53 Å². The van der Waals surface area contributed by atoms with Crippen LogP contribution in [0.3, 0.4) is 0 Å². The lowest BCUT2D eigenvalue weighted by atomic mass is 9.97. The van der Waals surface area contributed by atoms with Crippen molar-refractivity contribution in [2.45, 2.75) is 32.2 Å². The largest absolute Gasteiger partial charge is 0.497 e. The number of fused-ring (bicyclic) bond motifs is 1. The number of benzene rings is 1. The molecule has 0 unspecified atom stereocenters. The second-order valence-corrected chi connectivity index (χ2v) is 7.39. The van der Waals surface area contributed by atoms with Gasteiger partial charge in [-0.25, -0.2) is 4.68 Å². The molecule has 0 bridgehead atoms. The van der Waals surface area contributed by atoms with Gasteiger partial charge in [-0.3, -0.25) is 9.59 Å². The SMILES string of the molecule is COc1cccc(N2CCN(C(=O)Cn3nc4c(cc3=O)CCCC4)CC2)c1. The van der Waals surface area contributed by atoms with Gasteiger partial charge in [0.1, 0.15) is 12.3 Å². The van der Waals surface area contributed by atoms with Gasteiger partial charge >= 0.3 is 0 Å². The summed E-state index contributed by atoms with van der Waals surface area (Å²) in [4.78, 5) is 29.1. The van der Waals surface area contributed by atoms with Crippen LogP contribution in [-0.4, -0.2) is 53.9 Å². The predicted molar refractivity (Wildman–Crippen MR) is 107 cm³/mol. The molecule has 7 heteroatoms. The molecule has 1 aromatic heterocycles. The molecule has 1 amide bonds. The van der Waals surface area contributed by atoms with Crippen molar-refractivity contribution >= 4 is 11.6 Å². The molecule has 1 fully saturated rings. The first-order valence-corrected chi connectivity index (χ1v) is 9.91. The van der Waals surface area contributed by atoms with E-state index in [2.05, 4.69) is 16.1 Å². The number of anilines is 1. The molecular formula is C21H26N4O3. The molecule has 148 valence electrons. The Morgan fingerprint density at radius 1 is 1.11 bits per heavy atom. The first kappa shape index (κ1) is 18.5. The van der Waals surface area contributed by atoms with E-state index in [1.54, 1.807) is 13.2 Å². The number of piperazine rings is 1. The number of ether oxygens (including phenoxy) is 1. The van der Waals surface area contributed by atoms with Gasteiger partial charge in [0.2, 0.25) is 5.91 Å². The Morgan fingerprint density at radius 2 is 1.89 bits per heavy atom. The molecular weight excluding hydrogens is 356 g/mol. The molecule has 7 nitrogen and oxygen atoms in total. The highest BCUT2D eigenvalue weighted by molar-refractivity contribution is 5.76. The number of hydrogen-bond donors (Lipinski definition) is 0. The Hall–Kier alpha value is -2.83. The van der Waals surface area contributed by atoms with Crippen molar-refractivity contribution in [1.82, 2.24) is 14.7 Å². The highest BCUT2D eigenvalue weighted by atomic mass is 16.5. The monoisotopic (exact) mass is 382 g/mol. The number of carbonyl (C=O) groups is 1. The van der Waals surface area contributed by atoms with Crippen molar-refractivity contribution in [2.75, 3.05) is 38.2 Å². The minimum Gasteiger partial charge on any atom is -0.497 e. The van der Waals surface area contributed by atoms with Crippen LogP contribution in [0.1, 0.15) is 24.1 Å². The van der Waals surface area contributed by atoms with E-state index in [0.29, 0.717) is 13.1 Å². The van der Waals surface area contributed by atoms with Crippen LogP contribution >= 0.6 is 0 Å². The molecule has 2 heterocycles. The Labute approximate surface area is 164 Å². The smallest absolute Gasteiger partial charge is 0.267 e. The molecule has 4 rings (SSSR count). The summed E-state index contributed by atoms with van der Waals surface area (Å²) in [7, 11) is 1.66. The van der Waals surface area contributed by atoms with Crippen molar-refractivity contribution in [3.8, 4) is 5.75 Å². The number of carbonyl (C=O) groups excluding carboxylic acids is 1. The molecule has 1 aliphatic heterocycles. The zero-order valence-corrected chi connectivity index (χ0v) is 16.3. The lowest BCUT2D eigenvalue weighted by molar-refractivity contribution is -0.132. The maximum absolute atomic E-state index is 12.7. The van der Waals surface area contributed by atoms with E-state index < -0.39 is 0 Å². The summed E-state index contributed by atoms with van der Waals surface area (Å²) in [6.07, 6.45) is 4.01. The van der Waals surface area contributed by atoms with Crippen molar-refractivity contribution in [1.29, 1.82) is 0 Å². The number of methoxy groups -OCH3 is 1. The van der Waals surface area contributed by atoms with Gasteiger partial charge in [-0.2, -0.15) is 5.10 Å². The molecule has 2 aromatic rings. The maximum atomic E-state index is 12.7. The quantitative estimate of drug-likeness (QED) is 0.801. The number of aryl methyl sites for hydroxylation is 2. The number of amides is 1. The van der Waals surface area contributed by atoms with Crippen molar-refractivity contribution in [3.63, 3.8) is 0 Å². The van der Waals surface area contributed by atoms with Gasteiger partial charge in [0.05, 0.1) is 12.8 Å². The molecule has 0 atom stereocenters.